The number of unbranched alkanes of at least 4 members (excludes halogenated alkanes) is 1. The predicted octanol–water partition coefficient (Wildman–Crippen LogP) is 4.63. The van der Waals surface area contributed by atoms with Crippen molar-refractivity contribution < 1.29 is 9.59 Å². The van der Waals surface area contributed by atoms with E-state index in [-0.39, 0.29) is 11.8 Å². The van der Waals surface area contributed by atoms with Gasteiger partial charge in [0.2, 0.25) is 5.91 Å². The van der Waals surface area contributed by atoms with Crippen LogP contribution in [0.4, 0.5) is 11.4 Å². The van der Waals surface area contributed by atoms with Crippen molar-refractivity contribution in [3.63, 3.8) is 0 Å². The van der Waals surface area contributed by atoms with E-state index in [1.54, 1.807) is 24.3 Å². The van der Waals surface area contributed by atoms with Gasteiger partial charge >= 0.3 is 0 Å². The number of hydrogen-bond acceptors (Lipinski definition) is 2. The van der Waals surface area contributed by atoms with E-state index in [4.69, 9.17) is 0 Å². The second-order valence-electron chi connectivity index (χ2n) is 5.73. The van der Waals surface area contributed by atoms with E-state index in [0.29, 0.717) is 17.7 Å². The van der Waals surface area contributed by atoms with Crippen molar-refractivity contribution in [2.45, 2.75) is 39.5 Å². The highest BCUT2D eigenvalue weighted by Gasteiger charge is 2.07. The molecule has 2 amide bonds. The lowest BCUT2D eigenvalue weighted by molar-refractivity contribution is -0.116. The van der Waals surface area contributed by atoms with Crippen molar-refractivity contribution >= 4 is 23.2 Å². The molecule has 0 saturated carbocycles. The van der Waals surface area contributed by atoms with Crippen LogP contribution in [0.1, 0.15) is 49.0 Å². The summed E-state index contributed by atoms with van der Waals surface area (Å²) in [5.74, 6) is -0.159. The zero-order chi connectivity index (χ0) is 17.4. The van der Waals surface area contributed by atoms with Gasteiger partial charge in [0.15, 0.2) is 0 Å². The van der Waals surface area contributed by atoms with Crippen molar-refractivity contribution in [1.29, 1.82) is 0 Å². The van der Waals surface area contributed by atoms with Crippen molar-refractivity contribution in [3.05, 3.63) is 59.7 Å². The molecule has 4 nitrogen and oxygen atoms in total. The molecule has 24 heavy (non-hydrogen) atoms. The number of rotatable bonds is 7. The summed E-state index contributed by atoms with van der Waals surface area (Å²) in [6.07, 6.45) is 3.36. The molecule has 2 N–H and O–H groups in total. The molecule has 0 aliphatic carbocycles. The first kappa shape index (κ1) is 17.7. The van der Waals surface area contributed by atoms with E-state index in [1.165, 1.54) is 5.56 Å². The normalized spacial score (nSPS) is 10.2. The number of benzene rings is 2. The molecule has 0 aromatic heterocycles. The Labute approximate surface area is 143 Å². The summed E-state index contributed by atoms with van der Waals surface area (Å²) in [7, 11) is 0. The van der Waals surface area contributed by atoms with Crippen molar-refractivity contribution in [1.82, 2.24) is 0 Å². The van der Waals surface area contributed by atoms with Crippen LogP contribution in [0.15, 0.2) is 48.5 Å². The summed E-state index contributed by atoms with van der Waals surface area (Å²) in [6, 6.07) is 14.7. The zero-order valence-electron chi connectivity index (χ0n) is 14.3. The van der Waals surface area contributed by atoms with Crippen LogP contribution in [0.5, 0.6) is 0 Å². The molecule has 0 saturated heterocycles. The molecule has 0 atom stereocenters. The summed E-state index contributed by atoms with van der Waals surface area (Å²) in [5.41, 5.74) is 3.27. The van der Waals surface area contributed by atoms with Gasteiger partial charge in [-0.1, -0.05) is 32.4 Å². The Balaban J connectivity index is 1.93. The van der Waals surface area contributed by atoms with Crippen LogP contribution < -0.4 is 10.6 Å². The average molecular weight is 324 g/mol. The maximum absolute atomic E-state index is 12.2. The van der Waals surface area contributed by atoms with Crippen LogP contribution in [0.25, 0.3) is 0 Å². The average Bonchev–Trinajstić information content (AvgIpc) is 2.61. The van der Waals surface area contributed by atoms with E-state index < -0.39 is 0 Å². The second kappa shape index (κ2) is 8.87. The van der Waals surface area contributed by atoms with E-state index in [9.17, 15) is 9.59 Å². The lowest BCUT2D eigenvalue weighted by Gasteiger charge is -2.08. The Morgan fingerprint density at radius 3 is 2.00 bits per heavy atom. The maximum atomic E-state index is 12.2. The quantitative estimate of drug-likeness (QED) is 0.780. The first-order chi connectivity index (χ1) is 11.6. The molecule has 2 rings (SSSR count). The first-order valence-corrected chi connectivity index (χ1v) is 8.42. The Bertz CT molecular complexity index is 676. The smallest absolute Gasteiger partial charge is 0.255 e. The van der Waals surface area contributed by atoms with Gasteiger partial charge < -0.3 is 10.6 Å². The molecule has 0 unspecified atom stereocenters. The minimum Gasteiger partial charge on any atom is -0.326 e. The summed E-state index contributed by atoms with van der Waals surface area (Å²) in [4.78, 5) is 23.9. The minimum absolute atomic E-state index is 0.00469. The van der Waals surface area contributed by atoms with Gasteiger partial charge in [-0.25, -0.2) is 0 Å². The van der Waals surface area contributed by atoms with Gasteiger partial charge in [0.1, 0.15) is 0 Å². The van der Waals surface area contributed by atoms with Gasteiger partial charge in [-0.15, -0.1) is 0 Å². The molecular weight excluding hydrogens is 300 g/mol. The number of amides is 2. The van der Waals surface area contributed by atoms with Crippen molar-refractivity contribution in [2.24, 2.45) is 0 Å². The number of hydrogen-bond donors (Lipinski definition) is 2. The molecule has 2 aromatic carbocycles. The van der Waals surface area contributed by atoms with E-state index >= 15 is 0 Å². The highest BCUT2D eigenvalue weighted by Crippen LogP contribution is 2.14. The van der Waals surface area contributed by atoms with Gasteiger partial charge in [0, 0.05) is 23.4 Å². The molecule has 0 fully saturated rings. The minimum atomic E-state index is -0.164. The largest absolute Gasteiger partial charge is 0.326 e. The summed E-state index contributed by atoms with van der Waals surface area (Å²) in [5, 5.41) is 5.71. The van der Waals surface area contributed by atoms with Gasteiger partial charge in [-0.3, -0.25) is 9.59 Å². The summed E-state index contributed by atoms with van der Waals surface area (Å²) >= 11 is 0. The summed E-state index contributed by atoms with van der Waals surface area (Å²) < 4.78 is 0. The third kappa shape index (κ3) is 5.23. The predicted molar refractivity (Wildman–Crippen MR) is 98.4 cm³/mol. The van der Waals surface area contributed by atoms with Crippen molar-refractivity contribution in [3.8, 4) is 0 Å². The summed E-state index contributed by atoms with van der Waals surface area (Å²) in [6.45, 7) is 4.15. The number of aryl methyl sites for hydroxylation is 1. The Kier molecular flexibility index (Phi) is 6.55. The fourth-order valence-corrected chi connectivity index (χ4v) is 2.29. The van der Waals surface area contributed by atoms with Gasteiger partial charge in [-0.2, -0.15) is 0 Å². The van der Waals surface area contributed by atoms with E-state index in [0.717, 1.165) is 24.9 Å². The van der Waals surface area contributed by atoms with Crippen LogP contribution in [-0.4, -0.2) is 11.8 Å². The van der Waals surface area contributed by atoms with Crippen LogP contribution >= 0.6 is 0 Å². The van der Waals surface area contributed by atoms with Crippen LogP contribution in [-0.2, 0) is 11.2 Å². The number of nitrogens with one attached hydrogen (secondary N) is 2. The third-order valence-electron chi connectivity index (χ3n) is 3.81. The van der Waals surface area contributed by atoms with Crippen LogP contribution in [0.2, 0.25) is 0 Å². The lowest BCUT2D eigenvalue weighted by atomic mass is 10.1. The maximum Gasteiger partial charge on any atom is 0.255 e. The monoisotopic (exact) mass is 324 g/mol. The SMILES string of the molecule is CCCCC(=O)Nc1ccc(C(=O)Nc2ccc(CC)cc2)cc1. The molecule has 4 heteroatoms. The fourth-order valence-electron chi connectivity index (χ4n) is 2.29. The molecule has 2 aromatic rings. The number of anilines is 2. The van der Waals surface area contributed by atoms with E-state index in [2.05, 4.69) is 24.5 Å². The number of carbonyl (C=O) groups excluding carboxylic acids is 2. The third-order valence-corrected chi connectivity index (χ3v) is 3.81. The zero-order valence-corrected chi connectivity index (χ0v) is 14.3. The topological polar surface area (TPSA) is 58.2 Å². The molecular formula is C20H24N2O2. The molecule has 0 bridgehead atoms. The van der Waals surface area contributed by atoms with Gasteiger partial charge in [0.25, 0.3) is 5.91 Å². The molecule has 0 radical (unpaired) electrons. The van der Waals surface area contributed by atoms with Gasteiger partial charge in [0.05, 0.1) is 0 Å². The fraction of sp³-hybridized carbons (Fsp3) is 0.300. The molecule has 0 aliphatic rings. The lowest BCUT2D eigenvalue weighted by Crippen LogP contribution is -2.13. The standard InChI is InChI=1S/C20H24N2O2/c1-3-5-6-19(23)21-17-13-9-16(10-14-17)20(24)22-18-11-7-15(4-2)8-12-18/h7-14H,3-6H2,1-2H3,(H,21,23)(H,22,24). The van der Waals surface area contributed by atoms with Gasteiger partial charge in [-0.05, 0) is 54.8 Å². The van der Waals surface area contributed by atoms with Crippen LogP contribution in [0, 0.1) is 0 Å². The van der Waals surface area contributed by atoms with Crippen LogP contribution in [0.3, 0.4) is 0 Å². The molecule has 0 heterocycles. The van der Waals surface area contributed by atoms with E-state index in [1.807, 2.05) is 24.3 Å². The molecule has 126 valence electrons. The first-order valence-electron chi connectivity index (χ1n) is 8.42. The Morgan fingerprint density at radius 1 is 0.833 bits per heavy atom. The number of carbonyl (C=O) groups is 2. The Hall–Kier alpha value is -2.62. The highest BCUT2D eigenvalue weighted by atomic mass is 16.2. The molecule has 0 aliphatic heterocycles. The highest BCUT2D eigenvalue weighted by molar-refractivity contribution is 6.04. The van der Waals surface area contributed by atoms with Crippen molar-refractivity contribution in [2.75, 3.05) is 10.6 Å². The Morgan fingerprint density at radius 2 is 1.42 bits per heavy atom. The second-order valence-corrected chi connectivity index (χ2v) is 5.73. The molecule has 0 spiro atoms.